The van der Waals surface area contributed by atoms with E-state index >= 15 is 0 Å². The third-order valence-electron chi connectivity index (χ3n) is 1.69. The molecule has 1 amide bonds. The van der Waals surface area contributed by atoms with E-state index in [1.165, 1.54) is 0 Å². The van der Waals surface area contributed by atoms with Gasteiger partial charge in [-0.15, -0.1) is 0 Å². The van der Waals surface area contributed by atoms with Gasteiger partial charge in [-0.3, -0.25) is 9.59 Å². The molecule has 5 nitrogen and oxygen atoms in total. The van der Waals surface area contributed by atoms with Crippen molar-refractivity contribution in [1.29, 1.82) is 0 Å². The Morgan fingerprint density at radius 1 is 1.69 bits per heavy atom. The number of carbonyl (C=O) groups excluding carboxylic acids is 2. The van der Waals surface area contributed by atoms with Crippen molar-refractivity contribution in [3.8, 4) is 0 Å². The molecule has 2 atom stereocenters. The van der Waals surface area contributed by atoms with Gasteiger partial charge in [-0.25, -0.2) is 0 Å². The van der Waals surface area contributed by atoms with Gasteiger partial charge in [0.15, 0.2) is 0 Å². The van der Waals surface area contributed by atoms with Crippen LogP contribution in [0.25, 0.3) is 0 Å². The molecule has 0 aromatic heterocycles. The summed E-state index contributed by atoms with van der Waals surface area (Å²) in [6.45, 7) is 3.64. The Morgan fingerprint density at radius 2 is 2.31 bits per heavy atom. The smallest absolute Gasteiger partial charge is 0.309 e. The molecule has 1 saturated heterocycles. The number of ether oxygens (including phenoxy) is 2. The van der Waals surface area contributed by atoms with Crippen molar-refractivity contribution in [3.05, 3.63) is 0 Å². The molecular weight excluding hydrogens is 174 g/mol. The molecule has 1 aliphatic rings. The van der Waals surface area contributed by atoms with Crippen LogP contribution >= 0.6 is 0 Å². The highest BCUT2D eigenvalue weighted by atomic mass is 16.6. The summed E-state index contributed by atoms with van der Waals surface area (Å²) in [5.74, 6) is -1.09. The molecule has 1 fully saturated rings. The summed E-state index contributed by atoms with van der Waals surface area (Å²) >= 11 is 0. The fraction of sp³-hybridized carbons (Fsp3) is 0.750. The van der Waals surface area contributed by atoms with Crippen LogP contribution in [0.4, 0.5) is 0 Å². The summed E-state index contributed by atoms with van der Waals surface area (Å²) < 4.78 is 10.0. The monoisotopic (exact) mass is 187 g/mol. The van der Waals surface area contributed by atoms with Crippen molar-refractivity contribution in [2.75, 3.05) is 0 Å². The van der Waals surface area contributed by atoms with Gasteiger partial charge in [0.1, 0.15) is 6.10 Å². The molecule has 0 bridgehead atoms. The van der Waals surface area contributed by atoms with Crippen molar-refractivity contribution >= 4 is 11.9 Å². The molecule has 1 heterocycles. The Labute approximate surface area is 76.2 Å². The number of primary amides is 1. The summed E-state index contributed by atoms with van der Waals surface area (Å²) in [5, 5.41) is 0. The van der Waals surface area contributed by atoms with Crippen molar-refractivity contribution in [2.45, 2.75) is 38.6 Å². The number of hydrogen-bond acceptors (Lipinski definition) is 4. The number of cyclic esters (lactones) is 1. The van der Waals surface area contributed by atoms with Crippen LogP contribution in [0.1, 0.15) is 20.3 Å². The highest BCUT2D eigenvalue weighted by Gasteiger charge is 2.39. The van der Waals surface area contributed by atoms with E-state index in [9.17, 15) is 9.59 Å². The number of carbonyl (C=O) groups is 2. The second-order valence-electron chi connectivity index (χ2n) is 3.24. The van der Waals surface area contributed by atoms with E-state index in [1.807, 2.05) is 13.8 Å². The SMILES string of the molecule is CC(C)O[C@H]1CC(=O)O[C@@H]1C(N)=O. The van der Waals surface area contributed by atoms with E-state index in [1.54, 1.807) is 0 Å². The first-order chi connectivity index (χ1) is 6.00. The summed E-state index contributed by atoms with van der Waals surface area (Å²) in [6.07, 6.45) is -1.40. The first-order valence-electron chi connectivity index (χ1n) is 4.15. The van der Waals surface area contributed by atoms with E-state index in [4.69, 9.17) is 15.2 Å². The van der Waals surface area contributed by atoms with Gasteiger partial charge >= 0.3 is 5.97 Å². The molecule has 5 heteroatoms. The third-order valence-corrected chi connectivity index (χ3v) is 1.69. The van der Waals surface area contributed by atoms with Crippen LogP contribution in [0.2, 0.25) is 0 Å². The average molecular weight is 187 g/mol. The summed E-state index contributed by atoms with van der Waals surface area (Å²) in [4.78, 5) is 21.6. The molecule has 0 aromatic rings. The second-order valence-corrected chi connectivity index (χ2v) is 3.24. The van der Waals surface area contributed by atoms with Gasteiger partial charge in [-0.05, 0) is 13.8 Å². The maximum Gasteiger partial charge on any atom is 0.309 e. The first-order valence-corrected chi connectivity index (χ1v) is 4.15. The molecule has 0 aromatic carbocycles. The molecule has 2 N–H and O–H groups in total. The molecule has 0 aliphatic carbocycles. The molecule has 0 saturated carbocycles. The van der Waals surface area contributed by atoms with Gasteiger partial charge in [0.05, 0.1) is 12.5 Å². The van der Waals surface area contributed by atoms with Crippen LogP contribution in [-0.4, -0.2) is 30.2 Å². The number of esters is 1. The molecular formula is C8H13NO4. The maximum absolute atomic E-state index is 10.8. The van der Waals surface area contributed by atoms with Crippen molar-refractivity contribution in [1.82, 2.24) is 0 Å². The van der Waals surface area contributed by atoms with Crippen molar-refractivity contribution in [2.24, 2.45) is 5.73 Å². The lowest BCUT2D eigenvalue weighted by atomic mass is 10.2. The van der Waals surface area contributed by atoms with Gasteiger partial charge in [-0.2, -0.15) is 0 Å². The van der Waals surface area contributed by atoms with Gasteiger partial charge in [0.2, 0.25) is 6.10 Å². The topological polar surface area (TPSA) is 78.6 Å². The van der Waals surface area contributed by atoms with Crippen LogP contribution in [0.3, 0.4) is 0 Å². The minimum Gasteiger partial charge on any atom is -0.449 e. The largest absolute Gasteiger partial charge is 0.449 e. The molecule has 74 valence electrons. The predicted molar refractivity (Wildman–Crippen MR) is 43.7 cm³/mol. The van der Waals surface area contributed by atoms with Gasteiger partial charge in [-0.1, -0.05) is 0 Å². The van der Waals surface area contributed by atoms with Crippen molar-refractivity contribution in [3.63, 3.8) is 0 Å². The molecule has 1 rings (SSSR count). The third kappa shape index (κ3) is 2.42. The number of amides is 1. The van der Waals surface area contributed by atoms with Crippen LogP contribution < -0.4 is 5.73 Å². The quantitative estimate of drug-likeness (QED) is 0.609. The van der Waals surface area contributed by atoms with E-state index in [0.29, 0.717) is 0 Å². The zero-order chi connectivity index (χ0) is 10.0. The Balaban J connectivity index is 2.60. The highest BCUT2D eigenvalue weighted by molar-refractivity contribution is 5.86. The predicted octanol–water partition coefficient (Wildman–Crippen LogP) is -0.419. The Morgan fingerprint density at radius 3 is 2.77 bits per heavy atom. The lowest BCUT2D eigenvalue weighted by Crippen LogP contribution is -2.38. The van der Waals surface area contributed by atoms with E-state index in [-0.39, 0.29) is 12.5 Å². The van der Waals surface area contributed by atoms with Crippen LogP contribution in [0.5, 0.6) is 0 Å². The summed E-state index contributed by atoms with van der Waals surface area (Å²) in [5.41, 5.74) is 5.03. The maximum atomic E-state index is 10.8. The van der Waals surface area contributed by atoms with E-state index < -0.39 is 24.1 Å². The van der Waals surface area contributed by atoms with Crippen LogP contribution in [0.15, 0.2) is 0 Å². The summed E-state index contributed by atoms with van der Waals surface area (Å²) in [7, 11) is 0. The molecule has 1 aliphatic heterocycles. The van der Waals surface area contributed by atoms with Crippen LogP contribution in [0, 0.1) is 0 Å². The number of nitrogens with two attached hydrogens (primary N) is 1. The zero-order valence-corrected chi connectivity index (χ0v) is 7.65. The van der Waals surface area contributed by atoms with E-state index in [0.717, 1.165) is 0 Å². The lowest BCUT2D eigenvalue weighted by molar-refractivity contribution is -0.149. The van der Waals surface area contributed by atoms with Gasteiger partial charge in [0.25, 0.3) is 5.91 Å². The fourth-order valence-electron chi connectivity index (χ4n) is 1.25. The molecule has 0 spiro atoms. The minimum absolute atomic E-state index is 0.0543. The van der Waals surface area contributed by atoms with Crippen molar-refractivity contribution < 1.29 is 19.1 Å². The zero-order valence-electron chi connectivity index (χ0n) is 7.65. The van der Waals surface area contributed by atoms with Gasteiger partial charge in [0, 0.05) is 0 Å². The molecule has 0 unspecified atom stereocenters. The minimum atomic E-state index is -0.921. The Bertz CT molecular complexity index is 226. The second kappa shape index (κ2) is 3.74. The highest BCUT2D eigenvalue weighted by Crippen LogP contribution is 2.19. The lowest BCUT2D eigenvalue weighted by Gasteiger charge is -2.17. The summed E-state index contributed by atoms with van der Waals surface area (Å²) in [6, 6.07) is 0. The fourth-order valence-corrected chi connectivity index (χ4v) is 1.25. The number of rotatable bonds is 3. The molecule has 0 radical (unpaired) electrons. The Hall–Kier alpha value is -1.10. The number of hydrogen-bond donors (Lipinski definition) is 1. The standard InChI is InChI=1S/C8H13NO4/c1-4(2)12-5-3-6(10)13-7(5)8(9)11/h4-5,7H,3H2,1-2H3,(H2,9,11)/t5-,7-/m0/s1. The first kappa shape index (κ1) is 9.98. The van der Waals surface area contributed by atoms with E-state index in [2.05, 4.69) is 0 Å². The van der Waals surface area contributed by atoms with Gasteiger partial charge < -0.3 is 15.2 Å². The Kier molecular flexibility index (Phi) is 2.87. The normalized spacial score (nSPS) is 27.8. The van der Waals surface area contributed by atoms with Crippen LogP contribution in [-0.2, 0) is 19.1 Å². The molecule has 13 heavy (non-hydrogen) atoms. The average Bonchev–Trinajstić information content (AvgIpc) is 2.29.